The Bertz CT molecular complexity index is 2170. The molecule has 6 aromatic rings. The minimum atomic E-state index is -1.11. The van der Waals surface area contributed by atoms with Gasteiger partial charge in [-0.3, -0.25) is 0 Å². The summed E-state index contributed by atoms with van der Waals surface area (Å²) in [6, 6.07) is 60.0. The fourth-order valence-corrected chi connectivity index (χ4v) is 8.03. The van der Waals surface area contributed by atoms with Crippen LogP contribution in [-0.2, 0) is 82.3 Å². The van der Waals surface area contributed by atoms with E-state index in [1.807, 2.05) is 182 Å². The van der Waals surface area contributed by atoms with E-state index >= 15 is 0 Å². The first kappa shape index (κ1) is 45.5. The van der Waals surface area contributed by atoms with Crippen molar-refractivity contribution >= 4 is 0 Å². The molecule has 2 aliphatic rings. The van der Waals surface area contributed by atoms with E-state index in [1.54, 1.807) is 0 Å². The quantitative estimate of drug-likeness (QED) is 0.0712. The van der Waals surface area contributed by atoms with E-state index in [9.17, 15) is 5.11 Å². The fraction of sp³-hybridized carbons (Fsp3) is 0.333. The van der Waals surface area contributed by atoms with Crippen LogP contribution >= 0.6 is 0 Å². The third kappa shape index (κ3) is 13.5. The van der Waals surface area contributed by atoms with E-state index < -0.39 is 55.3 Å². The predicted octanol–water partition coefficient (Wildman–Crippen LogP) is 8.98. The van der Waals surface area contributed by atoms with Crippen molar-refractivity contribution in [2.45, 2.75) is 101 Å². The monoisotopic (exact) mass is 866 g/mol. The Kier molecular flexibility index (Phi) is 17.3. The van der Waals surface area contributed by atoms with Crippen LogP contribution in [0, 0.1) is 0 Å². The molecular formula is C54H58O10. The second-order valence-corrected chi connectivity index (χ2v) is 16.1. The number of benzene rings is 6. The van der Waals surface area contributed by atoms with Crippen LogP contribution in [0.4, 0.5) is 0 Å². The molecular weight excluding hydrogens is 809 g/mol. The molecule has 0 aromatic heterocycles. The lowest BCUT2D eigenvalue weighted by molar-refractivity contribution is -0.339. The van der Waals surface area contributed by atoms with Crippen LogP contribution in [-0.4, -0.2) is 73.6 Å². The molecule has 6 aromatic carbocycles. The number of hydrogen-bond acceptors (Lipinski definition) is 10. The number of aliphatic hydroxyl groups is 1. The molecule has 2 saturated heterocycles. The van der Waals surface area contributed by atoms with Crippen molar-refractivity contribution in [2.75, 3.05) is 13.2 Å². The van der Waals surface area contributed by atoms with Gasteiger partial charge in [0.1, 0.15) is 36.6 Å². The maximum Gasteiger partial charge on any atom is 0.187 e. The predicted molar refractivity (Wildman–Crippen MR) is 241 cm³/mol. The van der Waals surface area contributed by atoms with Crippen LogP contribution in [0.25, 0.3) is 0 Å². The number of ether oxygens (including phenoxy) is 9. The SMILES string of the molecule is OC1C[C@@H](OCc2ccccc2)[C@@H](OCc2ccccc2)[C@@H](CO[C@H]2O[C@H](COCc3ccccc3)[C@H](OCc3ccccc3)[C@H](OCc3ccccc3)[C@H]2OCc2ccccc2)O1. The van der Waals surface area contributed by atoms with E-state index in [-0.39, 0.29) is 26.2 Å². The molecule has 10 heteroatoms. The Morgan fingerprint density at radius 2 is 0.719 bits per heavy atom. The van der Waals surface area contributed by atoms with Crippen molar-refractivity contribution in [1.29, 1.82) is 0 Å². The van der Waals surface area contributed by atoms with Crippen LogP contribution in [0.5, 0.6) is 0 Å². The lowest BCUT2D eigenvalue weighted by Gasteiger charge is -2.46. The van der Waals surface area contributed by atoms with Crippen LogP contribution < -0.4 is 0 Å². The maximum absolute atomic E-state index is 11.2. The van der Waals surface area contributed by atoms with Gasteiger partial charge >= 0.3 is 0 Å². The summed E-state index contributed by atoms with van der Waals surface area (Å²) in [4.78, 5) is 0. The Morgan fingerprint density at radius 3 is 1.17 bits per heavy atom. The summed E-state index contributed by atoms with van der Waals surface area (Å²) in [5.41, 5.74) is 6.03. The van der Waals surface area contributed by atoms with E-state index in [0.717, 1.165) is 33.4 Å². The summed E-state index contributed by atoms with van der Waals surface area (Å²) < 4.78 is 60.2. The molecule has 1 unspecified atom stereocenters. The molecule has 64 heavy (non-hydrogen) atoms. The van der Waals surface area contributed by atoms with E-state index in [1.165, 1.54) is 0 Å². The van der Waals surface area contributed by atoms with Crippen LogP contribution in [0.2, 0.25) is 0 Å². The topological polar surface area (TPSA) is 103 Å². The van der Waals surface area contributed by atoms with Crippen molar-refractivity contribution < 1.29 is 47.7 Å². The van der Waals surface area contributed by atoms with Crippen molar-refractivity contribution in [3.63, 3.8) is 0 Å². The number of aliphatic hydroxyl groups excluding tert-OH is 1. The van der Waals surface area contributed by atoms with Gasteiger partial charge in [-0.2, -0.15) is 0 Å². The second-order valence-electron chi connectivity index (χ2n) is 16.1. The average Bonchev–Trinajstić information content (AvgIpc) is 3.35. The molecule has 8 rings (SSSR count). The normalized spacial score (nSPS) is 24.6. The fourth-order valence-electron chi connectivity index (χ4n) is 8.03. The summed E-state index contributed by atoms with van der Waals surface area (Å²) >= 11 is 0. The third-order valence-electron chi connectivity index (χ3n) is 11.4. The molecule has 0 radical (unpaired) electrons. The molecule has 2 fully saturated rings. The molecule has 2 heterocycles. The van der Waals surface area contributed by atoms with Gasteiger partial charge in [-0.15, -0.1) is 0 Å². The van der Waals surface area contributed by atoms with Gasteiger partial charge < -0.3 is 47.7 Å². The third-order valence-corrected chi connectivity index (χ3v) is 11.4. The zero-order chi connectivity index (χ0) is 43.6. The van der Waals surface area contributed by atoms with Crippen molar-refractivity contribution in [3.8, 4) is 0 Å². The molecule has 0 amide bonds. The van der Waals surface area contributed by atoms with Crippen LogP contribution in [0.15, 0.2) is 182 Å². The first-order chi connectivity index (χ1) is 31.6. The summed E-state index contributed by atoms with van der Waals surface area (Å²) in [7, 11) is 0. The average molecular weight is 867 g/mol. The lowest BCUT2D eigenvalue weighted by Crippen LogP contribution is -2.62. The summed E-state index contributed by atoms with van der Waals surface area (Å²) in [5.74, 6) is 0. The van der Waals surface area contributed by atoms with Crippen molar-refractivity contribution in [2.24, 2.45) is 0 Å². The molecule has 0 bridgehead atoms. The zero-order valence-electron chi connectivity index (χ0n) is 36.0. The van der Waals surface area contributed by atoms with E-state index in [0.29, 0.717) is 33.0 Å². The van der Waals surface area contributed by atoms with Crippen molar-refractivity contribution in [3.05, 3.63) is 215 Å². The number of hydrogen-bond donors (Lipinski definition) is 1. The summed E-state index contributed by atoms with van der Waals surface area (Å²) in [6.07, 6.45) is -6.44. The Labute approximate surface area is 376 Å². The summed E-state index contributed by atoms with van der Waals surface area (Å²) in [5, 5.41) is 11.2. The maximum atomic E-state index is 11.2. The standard InChI is InChI=1S/C54H58O10/c55-49-31-46(57-33-41-21-9-2-10-22-41)50(58-34-42-23-11-3-12-24-42)48(63-49)39-62-54-53(61-37-45-29-17-6-18-30-45)52(60-36-44-27-15-5-16-28-44)51(59-35-43-25-13-4-14-26-43)47(64-54)38-56-32-40-19-7-1-8-20-40/h1-30,46-55H,31-39H2/t46-,47-,48-,49?,50-,51+,52+,53-,54+/m1/s1. The Balaban J connectivity index is 1.09. The minimum Gasteiger partial charge on any atom is -0.374 e. The Morgan fingerprint density at radius 1 is 0.359 bits per heavy atom. The van der Waals surface area contributed by atoms with Gasteiger partial charge in [0.15, 0.2) is 12.6 Å². The zero-order valence-corrected chi connectivity index (χ0v) is 36.0. The molecule has 0 saturated carbocycles. The van der Waals surface area contributed by atoms with Gasteiger partial charge in [0.25, 0.3) is 0 Å². The Hall–Kier alpha value is -5.08. The van der Waals surface area contributed by atoms with Gasteiger partial charge in [0.2, 0.25) is 0 Å². The smallest absolute Gasteiger partial charge is 0.187 e. The lowest BCUT2D eigenvalue weighted by atomic mass is 9.97. The molecule has 10 nitrogen and oxygen atoms in total. The molecule has 1 N–H and O–H groups in total. The van der Waals surface area contributed by atoms with Crippen LogP contribution in [0.1, 0.15) is 39.8 Å². The first-order valence-electron chi connectivity index (χ1n) is 22.1. The van der Waals surface area contributed by atoms with Crippen molar-refractivity contribution in [1.82, 2.24) is 0 Å². The van der Waals surface area contributed by atoms with Gasteiger partial charge in [-0.25, -0.2) is 0 Å². The second kappa shape index (κ2) is 24.3. The van der Waals surface area contributed by atoms with E-state index in [2.05, 4.69) is 0 Å². The minimum absolute atomic E-state index is 0.0177. The molecule has 0 spiro atoms. The molecule has 334 valence electrons. The van der Waals surface area contributed by atoms with Gasteiger partial charge in [0, 0.05) is 6.42 Å². The van der Waals surface area contributed by atoms with Crippen LogP contribution in [0.3, 0.4) is 0 Å². The highest BCUT2D eigenvalue weighted by atomic mass is 16.7. The molecule has 9 atom stereocenters. The molecule has 0 aliphatic carbocycles. The van der Waals surface area contributed by atoms with E-state index in [4.69, 9.17) is 42.6 Å². The highest BCUT2D eigenvalue weighted by molar-refractivity contribution is 5.18. The first-order valence-corrected chi connectivity index (χ1v) is 22.1. The van der Waals surface area contributed by atoms with Gasteiger partial charge in [0.05, 0.1) is 59.0 Å². The number of rotatable bonds is 22. The summed E-state index contributed by atoms with van der Waals surface area (Å²) in [6.45, 7) is 2.05. The largest absolute Gasteiger partial charge is 0.374 e. The highest BCUT2D eigenvalue weighted by Crippen LogP contribution is 2.33. The van der Waals surface area contributed by atoms with Gasteiger partial charge in [-0.05, 0) is 33.4 Å². The molecule has 2 aliphatic heterocycles. The highest BCUT2D eigenvalue weighted by Gasteiger charge is 2.50. The van der Waals surface area contributed by atoms with Gasteiger partial charge in [-0.1, -0.05) is 182 Å².